The third-order valence-corrected chi connectivity index (χ3v) is 7.02. The number of benzene rings is 1. The first kappa shape index (κ1) is 19.2. The second-order valence-corrected chi connectivity index (χ2v) is 9.62. The van der Waals surface area contributed by atoms with Gasteiger partial charge in [0, 0.05) is 6.04 Å². The molecular formula is C17H25N5O2S2. The Bertz CT molecular complexity index is 915. The molecular weight excluding hydrogens is 370 g/mol. The van der Waals surface area contributed by atoms with Crippen molar-refractivity contribution in [1.29, 1.82) is 0 Å². The van der Waals surface area contributed by atoms with Crippen molar-refractivity contribution < 1.29 is 8.42 Å². The average Bonchev–Trinajstić information content (AvgIpc) is 3.15. The van der Waals surface area contributed by atoms with Crippen molar-refractivity contribution in [3.63, 3.8) is 0 Å². The van der Waals surface area contributed by atoms with Gasteiger partial charge in [-0.05, 0) is 59.2 Å². The van der Waals surface area contributed by atoms with Crippen LogP contribution in [0.4, 0.5) is 0 Å². The van der Waals surface area contributed by atoms with Crippen molar-refractivity contribution in [2.75, 3.05) is 18.1 Å². The number of hydrogen-bond acceptors (Lipinski definition) is 6. The molecule has 2 heterocycles. The molecule has 1 aromatic carbocycles. The maximum atomic E-state index is 11.8. The van der Waals surface area contributed by atoms with Crippen LogP contribution in [0.1, 0.15) is 38.7 Å². The maximum Gasteiger partial charge on any atom is 0.221 e. The minimum Gasteiger partial charge on any atom is -0.280 e. The first-order chi connectivity index (χ1) is 12.3. The quantitative estimate of drug-likeness (QED) is 0.699. The standard InChI is InChI=1S/C17H25N5O2S2/c1-4-20(16-9-10-26(23,24)11-16)12-21-17(25)22(19-18-21)15-7-5-14(6-8-15)13(2)3/h5-8,13,16H,4,9-12H2,1-3H3/t16-/m1/s1. The van der Waals surface area contributed by atoms with Gasteiger partial charge in [-0.15, -0.1) is 0 Å². The molecule has 0 N–H and O–H groups in total. The van der Waals surface area contributed by atoms with E-state index in [4.69, 9.17) is 12.2 Å². The minimum atomic E-state index is -2.92. The summed E-state index contributed by atoms with van der Waals surface area (Å²) in [6.45, 7) is 7.50. The van der Waals surface area contributed by atoms with Crippen LogP contribution in [-0.2, 0) is 16.5 Å². The van der Waals surface area contributed by atoms with E-state index in [-0.39, 0.29) is 17.5 Å². The summed E-state index contributed by atoms with van der Waals surface area (Å²) in [7, 11) is -2.92. The van der Waals surface area contributed by atoms with Crippen LogP contribution in [0.15, 0.2) is 24.3 Å². The number of nitrogens with zero attached hydrogens (tertiary/aromatic N) is 5. The molecule has 0 radical (unpaired) electrons. The van der Waals surface area contributed by atoms with Gasteiger partial charge in [-0.1, -0.05) is 32.9 Å². The lowest BCUT2D eigenvalue weighted by Gasteiger charge is -2.25. The van der Waals surface area contributed by atoms with Crippen molar-refractivity contribution >= 4 is 22.1 Å². The van der Waals surface area contributed by atoms with Crippen molar-refractivity contribution in [1.82, 2.24) is 24.7 Å². The van der Waals surface area contributed by atoms with E-state index in [9.17, 15) is 8.42 Å². The third-order valence-electron chi connectivity index (χ3n) is 4.89. The van der Waals surface area contributed by atoms with E-state index in [0.717, 1.165) is 12.2 Å². The molecule has 0 saturated carbocycles. The SMILES string of the molecule is CCN(Cn1nnn(-c2ccc(C(C)C)cc2)c1=S)[C@@H]1CCS(=O)(=O)C1. The summed E-state index contributed by atoms with van der Waals surface area (Å²) >= 11 is 5.53. The highest BCUT2D eigenvalue weighted by atomic mass is 32.2. The first-order valence-corrected chi connectivity index (χ1v) is 11.1. The number of aromatic nitrogens is 4. The lowest BCUT2D eigenvalue weighted by molar-refractivity contribution is 0.162. The smallest absolute Gasteiger partial charge is 0.221 e. The Kier molecular flexibility index (Phi) is 5.59. The Balaban J connectivity index is 1.79. The fourth-order valence-corrected chi connectivity index (χ4v) is 5.23. The van der Waals surface area contributed by atoms with Gasteiger partial charge >= 0.3 is 0 Å². The summed E-state index contributed by atoms with van der Waals surface area (Å²) < 4.78 is 27.3. The highest BCUT2D eigenvalue weighted by Crippen LogP contribution is 2.19. The minimum absolute atomic E-state index is 0.0161. The largest absolute Gasteiger partial charge is 0.280 e. The molecule has 3 rings (SSSR count). The molecule has 2 aromatic rings. The van der Waals surface area contributed by atoms with Crippen molar-refractivity contribution in [2.45, 2.75) is 45.8 Å². The summed E-state index contributed by atoms with van der Waals surface area (Å²) in [5.74, 6) is 0.932. The summed E-state index contributed by atoms with van der Waals surface area (Å²) in [5.41, 5.74) is 2.13. The molecule has 1 aliphatic rings. The third kappa shape index (κ3) is 4.05. The van der Waals surface area contributed by atoms with Gasteiger partial charge in [0.25, 0.3) is 0 Å². The maximum absolute atomic E-state index is 11.8. The molecule has 1 saturated heterocycles. The molecule has 0 unspecified atom stereocenters. The van der Waals surface area contributed by atoms with E-state index in [1.165, 1.54) is 5.56 Å². The van der Waals surface area contributed by atoms with E-state index in [1.54, 1.807) is 9.36 Å². The molecule has 1 atom stereocenters. The van der Waals surface area contributed by atoms with Gasteiger partial charge in [-0.3, -0.25) is 4.90 Å². The van der Waals surface area contributed by atoms with E-state index in [0.29, 0.717) is 23.8 Å². The molecule has 7 nitrogen and oxygen atoms in total. The summed E-state index contributed by atoms with van der Waals surface area (Å²) in [4.78, 5) is 2.10. The summed E-state index contributed by atoms with van der Waals surface area (Å²) in [6, 6.07) is 8.14. The van der Waals surface area contributed by atoms with Crippen LogP contribution >= 0.6 is 12.2 Å². The fourth-order valence-electron chi connectivity index (χ4n) is 3.23. The lowest BCUT2D eigenvalue weighted by Crippen LogP contribution is -2.37. The zero-order valence-corrected chi connectivity index (χ0v) is 17.0. The number of rotatable bonds is 6. The molecule has 1 aliphatic heterocycles. The topological polar surface area (TPSA) is 73.0 Å². The van der Waals surface area contributed by atoms with E-state index in [1.807, 2.05) is 19.1 Å². The predicted octanol–water partition coefficient (Wildman–Crippen LogP) is 2.39. The van der Waals surface area contributed by atoms with Gasteiger partial charge in [0.1, 0.15) is 0 Å². The number of tetrazole rings is 1. The Morgan fingerprint density at radius 3 is 2.50 bits per heavy atom. The Hall–Kier alpha value is -1.58. The normalized spacial score (nSPS) is 19.5. The molecule has 0 spiro atoms. The molecule has 9 heteroatoms. The van der Waals surface area contributed by atoms with Gasteiger partial charge < -0.3 is 0 Å². The fraction of sp³-hybridized carbons (Fsp3) is 0.588. The van der Waals surface area contributed by atoms with Crippen molar-refractivity contribution in [2.24, 2.45) is 0 Å². The van der Waals surface area contributed by atoms with E-state index >= 15 is 0 Å². The monoisotopic (exact) mass is 395 g/mol. The van der Waals surface area contributed by atoms with E-state index < -0.39 is 9.84 Å². The van der Waals surface area contributed by atoms with Crippen LogP contribution in [0, 0.1) is 4.77 Å². The molecule has 0 bridgehead atoms. The summed E-state index contributed by atoms with van der Waals surface area (Å²) in [6.07, 6.45) is 0.661. The zero-order chi connectivity index (χ0) is 18.9. The number of hydrogen-bond donors (Lipinski definition) is 0. The van der Waals surface area contributed by atoms with Gasteiger partial charge in [-0.2, -0.15) is 4.68 Å². The highest BCUT2D eigenvalue weighted by molar-refractivity contribution is 7.91. The second kappa shape index (κ2) is 7.58. The van der Waals surface area contributed by atoms with Crippen LogP contribution in [0.25, 0.3) is 5.69 Å². The predicted molar refractivity (Wildman–Crippen MR) is 104 cm³/mol. The second-order valence-electron chi connectivity index (χ2n) is 7.02. The average molecular weight is 396 g/mol. The van der Waals surface area contributed by atoms with E-state index in [2.05, 4.69) is 41.3 Å². The van der Waals surface area contributed by atoms with Crippen LogP contribution in [0.3, 0.4) is 0 Å². The first-order valence-electron chi connectivity index (χ1n) is 8.88. The van der Waals surface area contributed by atoms with Gasteiger partial charge in [0.2, 0.25) is 4.77 Å². The molecule has 142 valence electrons. The van der Waals surface area contributed by atoms with Crippen LogP contribution in [0.2, 0.25) is 0 Å². The summed E-state index contributed by atoms with van der Waals surface area (Å²) in [5, 5.41) is 8.36. The number of sulfone groups is 1. The molecule has 26 heavy (non-hydrogen) atoms. The van der Waals surface area contributed by atoms with Crippen molar-refractivity contribution in [3.05, 3.63) is 34.6 Å². The van der Waals surface area contributed by atoms with Crippen LogP contribution in [-0.4, -0.2) is 57.2 Å². The molecule has 0 aliphatic carbocycles. The Morgan fingerprint density at radius 2 is 1.96 bits per heavy atom. The van der Waals surface area contributed by atoms with Crippen LogP contribution < -0.4 is 0 Å². The molecule has 1 fully saturated rings. The Labute approximate surface area is 159 Å². The van der Waals surface area contributed by atoms with Crippen molar-refractivity contribution in [3.8, 4) is 5.69 Å². The lowest BCUT2D eigenvalue weighted by atomic mass is 10.0. The highest BCUT2D eigenvalue weighted by Gasteiger charge is 2.32. The zero-order valence-electron chi connectivity index (χ0n) is 15.4. The Morgan fingerprint density at radius 1 is 1.27 bits per heavy atom. The van der Waals surface area contributed by atoms with Gasteiger partial charge in [-0.25, -0.2) is 13.1 Å². The van der Waals surface area contributed by atoms with Crippen LogP contribution in [0.5, 0.6) is 0 Å². The molecule has 0 amide bonds. The molecule has 1 aromatic heterocycles. The van der Waals surface area contributed by atoms with Gasteiger partial charge in [0.15, 0.2) is 9.84 Å². The van der Waals surface area contributed by atoms with Gasteiger partial charge in [0.05, 0.1) is 23.9 Å².